The molecule has 3 N–H and O–H groups in total. The molecule has 3 amide bonds. The van der Waals surface area contributed by atoms with E-state index < -0.39 is 0 Å². The fraction of sp³-hybridized carbons (Fsp3) is 0.130. The molecule has 4 rings (SSSR count). The lowest BCUT2D eigenvalue weighted by molar-refractivity contribution is -0.115. The van der Waals surface area contributed by atoms with Gasteiger partial charge in [0.05, 0.1) is 6.42 Å². The van der Waals surface area contributed by atoms with Gasteiger partial charge in [0, 0.05) is 21.5 Å². The minimum Gasteiger partial charge on any atom is -0.486 e. The highest BCUT2D eigenvalue weighted by Crippen LogP contribution is 2.35. The lowest BCUT2D eigenvalue weighted by Crippen LogP contribution is -2.20. The van der Waals surface area contributed by atoms with E-state index in [-0.39, 0.29) is 18.4 Å². The van der Waals surface area contributed by atoms with Crippen molar-refractivity contribution in [1.29, 1.82) is 0 Å². The molecule has 0 radical (unpaired) electrons. The third-order valence-corrected chi connectivity index (χ3v) is 5.24. The molecular weight excluding hydrogens is 462 g/mol. The smallest absolute Gasteiger partial charge is 0.323 e. The summed E-state index contributed by atoms with van der Waals surface area (Å²) in [6.45, 7) is 0.991. The molecule has 1 aliphatic heterocycles. The molecule has 0 atom stereocenters. The van der Waals surface area contributed by atoms with Crippen LogP contribution in [-0.4, -0.2) is 25.2 Å². The summed E-state index contributed by atoms with van der Waals surface area (Å²) in [4.78, 5) is 24.7. The molecule has 0 fully saturated rings. The predicted molar refractivity (Wildman–Crippen MR) is 123 cm³/mol. The quantitative estimate of drug-likeness (QED) is 0.475. The molecule has 0 bridgehead atoms. The van der Waals surface area contributed by atoms with Crippen LogP contribution in [0.1, 0.15) is 5.56 Å². The van der Waals surface area contributed by atoms with Crippen LogP contribution in [0, 0.1) is 0 Å². The van der Waals surface area contributed by atoms with E-state index in [1.54, 1.807) is 36.4 Å². The fourth-order valence-corrected chi connectivity index (χ4v) is 3.57. The molecule has 0 unspecified atom stereocenters. The minimum atomic E-state index is -0.366. The van der Waals surface area contributed by atoms with Gasteiger partial charge in [-0.05, 0) is 48.0 Å². The van der Waals surface area contributed by atoms with E-state index in [1.807, 2.05) is 30.3 Å². The van der Waals surface area contributed by atoms with Crippen molar-refractivity contribution in [3.63, 3.8) is 0 Å². The van der Waals surface area contributed by atoms with Crippen LogP contribution in [0.15, 0.2) is 71.2 Å². The van der Waals surface area contributed by atoms with Crippen molar-refractivity contribution >= 4 is 44.9 Å². The molecule has 3 aromatic rings. The second kappa shape index (κ2) is 9.53. The van der Waals surface area contributed by atoms with Gasteiger partial charge < -0.3 is 25.4 Å². The summed E-state index contributed by atoms with van der Waals surface area (Å²) >= 11 is 3.49. The molecule has 3 aromatic carbocycles. The first kappa shape index (κ1) is 20.7. The highest BCUT2D eigenvalue weighted by molar-refractivity contribution is 9.10. The van der Waals surface area contributed by atoms with Crippen LogP contribution in [-0.2, 0) is 11.2 Å². The zero-order valence-corrected chi connectivity index (χ0v) is 18.1. The summed E-state index contributed by atoms with van der Waals surface area (Å²) in [6, 6.07) is 19.4. The average molecular weight is 482 g/mol. The monoisotopic (exact) mass is 481 g/mol. The standard InChI is InChI=1S/C23H20BrN3O4/c24-19-14-21-20(30-9-10-31-21)11-15(19)12-22(28)25-17-7-4-8-18(13-17)27-23(29)26-16-5-2-1-3-6-16/h1-8,11,13-14H,9-10,12H2,(H,25,28)(H2,26,27,29). The maximum atomic E-state index is 12.6. The highest BCUT2D eigenvalue weighted by atomic mass is 79.9. The topological polar surface area (TPSA) is 88.7 Å². The van der Waals surface area contributed by atoms with Crippen LogP contribution in [0.25, 0.3) is 0 Å². The van der Waals surface area contributed by atoms with Crippen LogP contribution < -0.4 is 25.4 Å². The lowest BCUT2D eigenvalue weighted by atomic mass is 10.1. The van der Waals surface area contributed by atoms with E-state index in [2.05, 4.69) is 31.9 Å². The van der Waals surface area contributed by atoms with Gasteiger partial charge in [0.1, 0.15) is 13.2 Å². The molecule has 7 nitrogen and oxygen atoms in total. The lowest BCUT2D eigenvalue weighted by Gasteiger charge is -2.19. The SMILES string of the molecule is O=C(Cc1cc2c(cc1Br)OCCO2)Nc1cccc(NC(=O)Nc2ccccc2)c1. The Bertz CT molecular complexity index is 1110. The Hall–Kier alpha value is -3.52. The van der Waals surface area contributed by atoms with Crippen molar-refractivity contribution in [2.24, 2.45) is 0 Å². The van der Waals surface area contributed by atoms with Crippen LogP contribution in [0.2, 0.25) is 0 Å². The number of urea groups is 1. The molecule has 8 heteroatoms. The number of halogens is 1. The van der Waals surface area contributed by atoms with Gasteiger partial charge in [-0.2, -0.15) is 0 Å². The second-order valence-electron chi connectivity index (χ2n) is 6.84. The molecule has 0 aliphatic carbocycles. The Labute approximate surface area is 187 Å². The third-order valence-electron chi connectivity index (χ3n) is 4.50. The van der Waals surface area contributed by atoms with Crippen molar-refractivity contribution in [3.05, 3.63) is 76.8 Å². The zero-order valence-electron chi connectivity index (χ0n) is 16.5. The van der Waals surface area contributed by atoms with E-state index >= 15 is 0 Å². The molecule has 1 heterocycles. The number of para-hydroxylation sites is 1. The Balaban J connectivity index is 1.37. The third kappa shape index (κ3) is 5.55. The van der Waals surface area contributed by atoms with Gasteiger partial charge in [-0.3, -0.25) is 4.79 Å². The van der Waals surface area contributed by atoms with Crippen molar-refractivity contribution in [2.45, 2.75) is 6.42 Å². The van der Waals surface area contributed by atoms with Crippen molar-refractivity contribution < 1.29 is 19.1 Å². The van der Waals surface area contributed by atoms with Crippen LogP contribution in [0.4, 0.5) is 21.9 Å². The number of amides is 3. The van der Waals surface area contributed by atoms with Gasteiger partial charge in [-0.15, -0.1) is 0 Å². The molecule has 158 valence electrons. The number of ether oxygens (including phenoxy) is 2. The summed E-state index contributed by atoms with van der Waals surface area (Å²) in [5, 5.41) is 8.36. The van der Waals surface area contributed by atoms with Gasteiger partial charge in [0.15, 0.2) is 11.5 Å². The zero-order chi connectivity index (χ0) is 21.6. The van der Waals surface area contributed by atoms with Crippen LogP contribution >= 0.6 is 15.9 Å². The van der Waals surface area contributed by atoms with Gasteiger partial charge in [0.2, 0.25) is 5.91 Å². The Morgan fingerprint density at radius 2 is 1.39 bits per heavy atom. The van der Waals surface area contributed by atoms with E-state index in [4.69, 9.17) is 9.47 Å². The summed E-state index contributed by atoms with van der Waals surface area (Å²) in [6.07, 6.45) is 0.156. The number of benzene rings is 3. The first-order valence-corrected chi connectivity index (χ1v) is 10.5. The van der Waals surface area contributed by atoms with Gasteiger partial charge in [-0.25, -0.2) is 4.79 Å². The second-order valence-corrected chi connectivity index (χ2v) is 7.69. The summed E-state index contributed by atoms with van der Waals surface area (Å²) in [5.41, 5.74) is 2.62. The average Bonchev–Trinajstić information content (AvgIpc) is 2.75. The maximum absolute atomic E-state index is 12.6. The van der Waals surface area contributed by atoms with E-state index in [1.165, 1.54) is 0 Å². The summed E-state index contributed by atoms with van der Waals surface area (Å²) in [5.74, 6) is 1.10. The molecule has 1 aliphatic rings. The maximum Gasteiger partial charge on any atom is 0.323 e. The van der Waals surface area contributed by atoms with Gasteiger partial charge in [-0.1, -0.05) is 40.2 Å². The first-order chi connectivity index (χ1) is 15.1. The number of rotatable bonds is 5. The van der Waals surface area contributed by atoms with Crippen molar-refractivity contribution in [3.8, 4) is 11.5 Å². The van der Waals surface area contributed by atoms with Crippen LogP contribution in [0.5, 0.6) is 11.5 Å². The largest absolute Gasteiger partial charge is 0.486 e. The van der Waals surface area contributed by atoms with Crippen molar-refractivity contribution in [1.82, 2.24) is 0 Å². The molecular formula is C23H20BrN3O4. The summed E-state index contributed by atoms with van der Waals surface area (Å²) in [7, 11) is 0. The molecule has 0 spiro atoms. The molecule has 0 saturated heterocycles. The van der Waals surface area contributed by atoms with Gasteiger partial charge in [0.25, 0.3) is 0 Å². The Kier molecular flexibility index (Phi) is 6.37. The minimum absolute atomic E-state index is 0.156. The number of carbonyl (C=O) groups is 2. The number of nitrogens with one attached hydrogen (secondary N) is 3. The van der Waals surface area contributed by atoms with E-state index in [0.29, 0.717) is 41.8 Å². The van der Waals surface area contributed by atoms with Gasteiger partial charge >= 0.3 is 6.03 Å². The Morgan fingerprint density at radius 1 is 0.774 bits per heavy atom. The first-order valence-electron chi connectivity index (χ1n) is 9.68. The number of hydrogen-bond acceptors (Lipinski definition) is 4. The molecule has 0 aromatic heterocycles. The number of fused-ring (bicyclic) bond motifs is 1. The molecule has 0 saturated carbocycles. The number of carbonyl (C=O) groups excluding carboxylic acids is 2. The van der Waals surface area contributed by atoms with Crippen LogP contribution in [0.3, 0.4) is 0 Å². The van der Waals surface area contributed by atoms with E-state index in [9.17, 15) is 9.59 Å². The predicted octanol–water partition coefficient (Wildman–Crippen LogP) is 5.05. The molecule has 31 heavy (non-hydrogen) atoms. The fourth-order valence-electron chi connectivity index (χ4n) is 3.11. The number of hydrogen-bond donors (Lipinski definition) is 3. The summed E-state index contributed by atoms with van der Waals surface area (Å²) < 4.78 is 11.9. The normalized spacial score (nSPS) is 12.0. The number of anilines is 3. The van der Waals surface area contributed by atoms with Crippen molar-refractivity contribution in [2.75, 3.05) is 29.2 Å². The Morgan fingerprint density at radius 3 is 2.13 bits per heavy atom. The highest BCUT2D eigenvalue weighted by Gasteiger charge is 2.16. The van der Waals surface area contributed by atoms with E-state index in [0.717, 1.165) is 10.0 Å².